The zero-order valence-electron chi connectivity index (χ0n) is 9.81. The van der Waals surface area contributed by atoms with Gasteiger partial charge in [-0.3, -0.25) is 0 Å². The SMILES string of the molecule is C=CC(c1cc(Cl)ccc1Cl)S(=O)(=O)c1ccc[nH]1. The summed E-state index contributed by atoms with van der Waals surface area (Å²) in [5, 5.41) is -0.0665. The highest BCUT2D eigenvalue weighted by Crippen LogP contribution is 2.34. The summed E-state index contributed by atoms with van der Waals surface area (Å²) in [5.41, 5.74) is 0.416. The highest BCUT2D eigenvalue weighted by atomic mass is 35.5. The van der Waals surface area contributed by atoms with Crippen LogP contribution in [0.5, 0.6) is 0 Å². The van der Waals surface area contributed by atoms with Gasteiger partial charge in [0.25, 0.3) is 0 Å². The van der Waals surface area contributed by atoms with E-state index in [0.29, 0.717) is 15.6 Å². The number of aromatic amines is 1. The average molecular weight is 316 g/mol. The minimum absolute atomic E-state index is 0.119. The van der Waals surface area contributed by atoms with Crippen molar-refractivity contribution in [3.8, 4) is 0 Å². The topological polar surface area (TPSA) is 49.9 Å². The van der Waals surface area contributed by atoms with E-state index in [2.05, 4.69) is 11.6 Å². The molecule has 3 nitrogen and oxygen atoms in total. The van der Waals surface area contributed by atoms with Gasteiger partial charge in [0.05, 0.1) is 0 Å². The molecule has 0 fully saturated rings. The van der Waals surface area contributed by atoms with Crippen molar-refractivity contribution in [2.45, 2.75) is 10.3 Å². The van der Waals surface area contributed by atoms with Gasteiger partial charge < -0.3 is 4.98 Å². The molecule has 0 spiro atoms. The van der Waals surface area contributed by atoms with Crippen LogP contribution < -0.4 is 0 Å². The summed E-state index contributed by atoms with van der Waals surface area (Å²) in [6, 6.07) is 7.82. The fourth-order valence-corrected chi connectivity index (χ4v) is 3.82. The molecule has 0 aliphatic carbocycles. The van der Waals surface area contributed by atoms with Gasteiger partial charge >= 0.3 is 0 Å². The molecule has 1 heterocycles. The fourth-order valence-electron chi connectivity index (χ4n) is 1.78. The lowest BCUT2D eigenvalue weighted by Gasteiger charge is -2.15. The molecule has 0 saturated carbocycles. The van der Waals surface area contributed by atoms with Gasteiger partial charge in [0.1, 0.15) is 10.3 Å². The van der Waals surface area contributed by atoms with Crippen molar-refractivity contribution in [1.29, 1.82) is 0 Å². The molecule has 100 valence electrons. The van der Waals surface area contributed by atoms with Crippen molar-refractivity contribution in [3.63, 3.8) is 0 Å². The normalized spacial score (nSPS) is 13.2. The predicted molar refractivity (Wildman–Crippen MR) is 77.4 cm³/mol. The summed E-state index contributed by atoms with van der Waals surface area (Å²) in [5.74, 6) is 0. The van der Waals surface area contributed by atoms with Crippen molar-refractivity contribution in [2.75, 3.05) is 0 Å². The van der Waals surface area contributed by atoms with Gasteiger partial charge in [0.15, 0.2) is 0 Å². The van der Waals surface area contributed by atoms with Crippen LogP contribution in [0.15, 0.2) is 54.2 Å². The van der Waals surface area contributed by atoms with Gasteiger partial charge in [-0.15, -0.1) is 6.58 Å². The highest BCUT2D eigenvalue weighted by Gasteiger charge is 2.29. The first-order chi connectivity index (χ1) is 8.96. The number of sulfone groups is 1. The summed E-state index contributed by atoms with van der Waals surface area (Å²) < 4.78 is 25.0. The summed E-state index contributed by atoms with van der Waals surface area (Å²) in [4.78, 5) is 2.68. The molecular weight excluding hydrogens is 305 g/mol. The molecular formula is C13H11Cl2NO2S. The van der Waals surface area contributed by atoms with Gasteiger partial charge in [0.2, 0.25) is 9.84 Å². The molecule has 0 aliphatic heterocycles. The molecule has 0 radical (unpaired) electrons. The van der Waals surface area contributed by atoms with E-state index in [1.807, 2.05) is 0 Å². The first kappa shape index (κ1) is 14.2. The molecule has 1 aromatic carbocycles. The Labute approximate surface area is 121 Å². The minimum Gasteiger partial charge on any atom is -0.352 e. The zero-order chi connectivity index (χ0) is 14.0. The van der Waals surface area contributed by atoms with E-state index in [1.165, 1.54) is 18.2 Å². The Morgan fingerprint density at radius 3 is 2.58 bits per heavy atom. The van der Waals surface area contributed by atoms with E-state index in [4.69, 9.17) is 23.2 Å². The second kappa shape index (κ2) is 5.41. The fraction of sp³-hybridized carbons (Fsp3) is 0.0769. The highest BCUT2D eigenvalue weighted by molar-refractivity contribution is 7.91. The van der Waals surface area contributed by atoms with Crippen molar-refractivity contribution < 1.29 is 8.42 Å². The Bertz CT molecular complexity index is 693. The molecule has 0 aliphatic rings. The van der Waals surface area contributed by atoms with Gasteiger partial charge in [-0.25, -0.2) is 8.42 Å². The van der Waals surface area contributed by atoms with E-state index >= 15 is 0 Å². The van der Waals surface area contributed by atoms with Gasteiger partial charge in [-0.1, -0.05) is 29.3 Å². The summed E-state index contributed by atoms with van der Waals surface area (Å²) in [7, 11) is -3.62. The number of hydrogen-bond acceptors (Lipinski definition) is 2. The summed E-state index contributed by atoms with van der Waals surface area (Å²) in [6.07, 6.45) is 2.89. The van der Waals surface area contributed by atoms with Crippen LogP contribution in [0.2, 0.25) is 10.0 Å². The quantitative estimate of drug-likeness (QED) is 0.866. The molecule has 6 heteroatoms. The third-order valence-corrected chi connectivity index (χ3v) is 5.25. The molecule has 1 unspecified atom stereocenters. The Kier molecular flexibility index (Phi) is 4.04. The number of rotatable bonds is 4. The number of H-pyrrole nitrogens is 1. The summed E-state index contributed by atoms with van der Waals surface area (Å²) >= 11 is 12.0. The maximum absolute atomic E-state index is 12.5. The van der Waals surface area contributed by atoms with Crippen molar-refractivity contribution in [1.82, 2.24) is 4.98 Å². The lowest BCUT2D eigenvalue weighted by molar-refractivity contribution is 0.587. The van der Waals surface area contributed by atoms with E-state index in [9.17, 15) is 8.42 Å². The average Bonchev–Trinajstić information content (AvgIpc) is 2.88. The molecule has 0 amide bonds. The molecule has 0 saturated heterocycles. The maximum Gasteiger partial charge on any atom is 0.204 e. The minimum atomic E-state index is -3.62. The van der Waals surface area contributed by atoms with Crippen molar-refractivity contribution >= 4 is 33.0 Å². The van der Waals surface area contributed by atoms with Gasteiger partial charge in [-0.05, 0) is 35.9 Å². The van der Waals surface area contributed by atoms with E-state index in [-0.39, 0.29) is 5.03 Å². The largest absolute Gasteiger partial charge is 0.352 e. The van der Waals surface area contributed by atoms with E-state index < -0.39 is 15.1 Å². The maximum atomic E-state index is 12.5. The van der Waals surface area contributed by atoms with Crippen LogP contribution in [-0.2, 0) is 9.84 Å². The van der Waals surface area contributed by atoms with E-state index in [1.54, 1.807) is 24.4 Å². The number of aromatic nitrogens is 1. The summed E-state index contributed by atoms with van der Waals surface area (Å²) in [6.45, 7) is 3.59. The first-order valence-electron chi connectivity index (χ1n) is 5.41. The number of nitrogens with one attached hydrogen (secondary N) is 1. The standard InChI is InChI=1S/C13H11Cl2NO2S/c1-2-12(10-8-9(14)5-6-11(10)15)19(17,18)13-4-3-7-16-13/h2-8,12,16H,1H2. The first-order valence-corrected chi connectivity index (χ1v) is 7.72. The Hall–Kier alpha value is -1.23. The molecule has 0 bridgehead atoms. The van der Waals surface area contributed by atoms with Crippen LogP contribution in [0.25, 0.3) is 0 Å². The van der Waals surface area contributed by atoms with Gasteiger partial charge in [-0.2, -0.15) is 0 Å². The molecule has 2 rings (SSSR count). The van der Waals surface area contributed by atoms with E-state index in [0.717, 1.165) is 0 Å². The monoisotopic (exact) mass is 315 g/mol. The smallest absolute Gasteiger partial charge is 0.204 e. The third-order valence-electron chi connectivity index (χ3n) is 2.69. The van der Waals surface area contributed by atoms with Crippen molar-refractivity contribution in [2.24, 2.45) is 0 Å². The van der Waals surface area contributed by atoms with Crippen molar-refractivity contribution in [3.05, 3.63) is 64.8 Å². The predicted octanol–water partition coefficient (Wildman–Crippen LogP) is 4.02. The number of hydrogen-bond donors (Lipinski definition) is 1. The Balaban J connectivity index is 2.58. The second-order valence-corrected chi connectivity index (χ2v) is 6.78. The lowest BCUT2D eigenvalue weighted by Crippen LogP contribution is -2.12. The van der Waals surface area contributed by atoms with Crippen LogP contribution in [0.3, 0.4) is 0 Å². The third kappa shape index (κ3) is 2.71. The van der Waals surface area contributed by atoms with Crippen LogP contribution in [-0.4, -0.2) is 13.4 Å². The van der Waals surface area contributed by atoms with Crippen LogP contribution >= 0.6 is 23.2 Å². The molecule has 19 heavy (non-hydrogen) atoms. The zero-order valence-corrected chi connectivity index (χ0v) is 12.1. The molecule has 1 aromatic heterocycles. The Morgan fingerprint density at radius 2 is 2.00 bits per heavy atom. The number of halogens is 2. The van der Waals surface area contributed by atoms with Gasteiger partial charge in [0, 0.05) is 16.2 Å². The van der Waals surface area contributed by atoms with Crippen LogP contribution in [0.4, 0.5) is 0 Å². The molecule has 2 aromatic rings. The molecule has 1 N–H and O–H groups in total. The lowest BCUT2D eigenvalue weighted by atomic mass is 10.1. The second-order valence-electron chi connectivity index (χ2n) is 3.90. The number of benzene rings is 1. The Morgan fingerprint density at radius 1 is 1.26 bits per heavy atom. The van der Waals surface area contributed by atoms with Crippen LogP contribution in [0.1, 0.15) is 10.8 Å². The molecule has 1 atom stereocenters. The van der Waals surface area contributed by atoms with Crippen LogP contribution in [0, 0.1) is 0 Å².